The first-order valence-electron chi connectivity index (χ1n) is 5.60. The van der Waals surface area contributed by atoms with Crippen molar-refractivity contribution in [2.45, 2.75) is 18.2 Å². The molecule has 0 aliphatic rings. The van der Waals surface area contributed by atoms with E-state index in [0.29, 0.717) is 17.9 Å². The lowest BCUT2D eigenvalue weighted by Gasteiger charge is -2.14. The maximum Gasteiger partial charge on any atom is 0.235 e. The van der Waals surface area contributed by atoms with Crippen LogP contribution in [-0.2, 0) is 15.6 Å². The van der Waals surface area contributed by atoms with E-state index < -0.39 is 10.8 Å². The summed E-state index contributed by atoms with van der Waals surface area (Å²) < 4.78 is 11.9. The fourth-order valence-corrected chi connectivity index (χ4v) is 2.39. The van der Waals surface area contributed by atoms with E-state index in [9.17, 15) is 9.00 Å². The summed E-state index contributed by atoms with van der Waals surface area (Å²) in [5, 5.41) is 8.43. The average molecular weight is 264 g/mol. The van der Waals surface area contributed by atoms with Crippen LogP contribution in [0.3, 0.4) is 0 Å². The third-order valence-electron chi connectivity index (χ3n) is 2.52. The molecule has 0 fully saturated rings. The number of rotatable bonds is 5. The molecule has 0 aliphatic carbocycles. The van der Waals surface area contributed by atoms with E-state index in [0.717, 1.165) is 5.56 Å². The summed E-state index contributed by atoms with van der Waals surface area (Å²) in [6.07, 6.45) is 0.291. The fourth-order valence-electron chi connectivity index (χ4n) is 1.34. The van der Waals surface area contributed by atoms with Crippen LogP contribution in [0.1, 0.15) is 12.0 Å². The minimum Gasteiger partial charge on any atom is -0.344 e. The van der Waals surface area contributed by atoms with E-state index >= 15 is 0 Å². The van der Waals surface area contributed by atoms with Crippen LogP contribution >= 0.6 is 0 Å². The Labute approximate surface area is 110 Å². The molecular formula is C13H16N2O2S. The number of nitrogens with zero attached hydrogens (tertiary/aromatic N) is 2. The first-order chi connectivity index (χ1) is 8.54. The van der Waals surface area contributed by atoms with Gasteiger partial charge in [-0.1, -0.05) is 17.7 Å². The first kappa shape index (κ1) is 14.4. The maximum absolute atomic E-state index is 11.9. The largest absolute Gasteiger partial charge is 0.344 e. The Kier molecular flexibility index (Phi) is 5.53. The molecule has 0 saturated carbocycles. The molecule has 0 radical (unpaired) electrons. The predicted molar refractivity (Wildman–Crippen MR) is 70.3 cm³/mol. The van der Waals surface area contributed by atoms with Crippen LogP contribution < -0.4 is 0 Å². The topological polar surface area (TPSA) is 61.2 Å². The van der Waals surface area contributed by atoms with Gasteiger partial charge in [-0.3, -0.25) is 9.00 Å². The van der Waals surface area contributed by atoms with Gasteiger partial charge in [0.2, 0.25) is 5.91 Å². The highest BCUT2D eigenvalue weighted by Crippen LogP contribution is 2.09. The highest BCUT2D eigenvalue weighted by Gasteiger charge is 2.13. The van der Waals surface area contributed by atoms with Gasteiger partial charge in [-0.2, -0.15) is 5.26 Å². The quantitative estimate of drug-likeness (QED) is 0.809. The minimum absolute atomic E-state index is 0.0367. The Morgan fingerprint density at radius 2 is 2.00 bits per heavy atom. The highest BCUT2D eigenvalue weighted by atomic mass is 32.2. The molecule has 1 aromatic carbocycles. The Hall–Kier alpha value is -1.67. The van der Waals surface area contributed by atoms with Gasteiger partial charge in [-0.15, -0.1) is 0 Å². The molecular weight excluding hydrogens is 248 g/mol. The Morgan fingerprint density at radius 3 is 2.56 bits per heavy atom. The molecule has 96 valence electrons. The van der Waals surface area contributed by atoms with Gasteiger partial charge in [0.1, 0.15) is 5.75 Å². The highest BCUT2D eigenvalue weighted by molar-refractivity contribution is 7.85. The molecule has 0 aromatic heterocycles. The van der Waals surface area contributed by atoms with Gasteiger partial charge in [-0.25, -0.2) is 0 Å². The van der Waals surface area contributed by atoms with E-state index in [2.05, 4.69) is 0 Å². The van der Waals surface area contributed by atoms with Gasteiger partial charge in [0.05, 0.1) is 23.3 Å². The molecule has 4 nitrogen and oxygen atoms in total. The van der Waals surface area contributed by atoms with Crippen molar-refractivity contribution in [3.05, 3.63) is 29.8 Å². The normalized spacial score (nSPS) is 11.6. The van der Waals surface area contributed by atoms with Gasteiger partial charge in [-0.05, 0) is 19.1 Å². The molecule has 1 aromatic rings. The summed E-state index contributed by atoms with van der Waals surface area (Å²) >= 11 is 0. The standard InChI is InChI=1S/C13H16N2O2S/c1-11-4-6-12(7-5-11)18(17)10-13(16)15(2)9-3-8-14/h4-7H,3,9-10H2,1-2H3. The number of nitriles is 1. The van der Waals surface area contributed by atoms with Crippen LogP contribution in [0.15, 0.2) is 29.2 Å². The van der Waals surface area contributed by atoms with Gasteiger partial charge in [0.25, 0.3) is 0 Å². The van der Waals surface area contributed by atoms with Crippen molar-refractivity contribution in [1.29, 1.82) is 5.26 Å². The molecule has 0 bridgehead atoms. The molecule has 1 amide bonds. The van der Waals surface area contributed by atoms with E-state index in [1.54, 1.807) is 19.2 Å². The second-order valence-electron chi connectivity index (χ2n) is 4.03. The number of hydrogen-bond acceptors (Lipinski definition) is 3. The Balaban J connectivity index is 2.57. The maximum atomic E-state index is 11.9. The zero-order chi connectivity index (χ0) is 13.5. The second-order valence-corrected chi connectivity index (χ2v) is 5.48. The Bertz CT molecular complexity index is 477. The zero-order valence-electron chi connectivity index (χ0n) is 10.5. The van der Waals surface area contributed by atoms with Crippen molar-refractivity contribution >= 4 is 16.7 Å². The van der Waals surface area contributed by atoms with Crippen molar-refractivity contribution in [2.24, 2.45) is 0 Å². The molecule has 1 atom stereocenters. The lowest BCUT2D eigenvalue weighted by molar-refractivity contribution is -0.127. The first-order valence-corrected chi connectivity index (χ1v) is 6.92. The monoisotopic (exact) mass is 264 g/mol. The summed E-state index contributed by atoms with van der Waals surface area (Å²) in [5.74, 6) is -0.241. The molecule has 18 heavy (non-hydrogen) atoms. The number of hydrogen-bond donors (Lipinski definition) is 0. The van der Waals surface area contributed by atoms with Crippen molar-refractivity contribution in [3.8, 4) is 6.07 Å². The van der Waals surface area contributed by atoms with E-state index in [1.807, 2.05) is 25.1 Å². The summed E-state index contributed by atoms with van der Waals surface area (Å²) in [5.41, 5.74) is 1.09. The molecule has 1 rings (SSSR count). The molecule has 1 unspecified atom stereocenters. The number of carbonyl (C=O) groups is 1. The number of aryl methyl sites for hydroxylation is 1. The molecule has 0 aliphatic heterocycles. The van der Waals surface area contributed by atoms with Crippen molar-refractivity contribution < 1.29 is 9.00 Å². The van der Waals surface area contributed by atoms with Crippen LogP contribution in [0.2, 0.25) is 0 Å². The van der Waals surface area contributed by atoms with Crippen LogP contribution in [0.25, 0.3) is 0 Å². The smallest absolute Gasteiger partial charge is 0.235 e. The number of benzene rings is 1. The number of amides is 1. The van der Waals surface area contributed by atoms with E-state index in [-0.39, 0.29) is 11.7 Å². The summed E-state index contributed by atoms with van der Waals surface area (Å²) in [6.45, 7) is 2.33. The fraction of sp³-hybridized carbons (Fsp3) is 0.385. The van der Waals surface area contributed by atoms with Crippen molar-refractivity contribution in [3.63, 3.8) is 0 Å². The lowest BCUT2D eigenvalue weighted by atomic mass is 10.2. The van der Waals surface area contributed by atoms with Crippen molar-refractivity contribution in [1.82, 2.24) is 4.90 Å². The molecule has 0 spiro atoms. The minimum atomic E-state index is -1.32. The predicted octanol–water partition coefficient (Wildman–Crippen LogP) is 1.47. The number of carbonyl (C=O) groups excluding carboxylic acids is 1. The van der Waals surface area contributed by atoms with Gasteiger partial charge >= 0.3 is 0 Å². The van der Waals surface area contributed by atoms with Gasteiger partial charge in [0.15, 0.2) is 0 Å². The second kappa shape index (κ2) is 6.92. The van der Waals surface area contributed by atoms with Gasteiger partial charge in [0, 0.05) is 18.5 Å². The Morgan fingerprint density at radius 1 is 1.39 bits per heavy atom. The average Bonchev–Trinajstić information content (AvgIpc) is 2.36. The van der Waals surface area contributed by atoms with Crippen molar-refractivity contribution in [2.75, 3.05) is 19.3 Å². The molecule has 5 heteroatoms. The molecule has 0 saturated heterocycles. The van der Waals surface area contributed by atoms with E-state index in [4.69, 9.17) is 5.26 Å². The molecule has 0 N–H and O–H groups in total. The van der Waals surface area contributed by atoms with Crippen LogP contribution in [-0.4, -0.2) is 34.4 Å². The third-order valence-corrected chi connectivity index (χ3v) is 3.83. The van der Waals surface area contributed by atoms with Crippen LogP contribution in [0.4, 0.5) is 0 Å². The summed E-state index contributed by atoms with van der Waals surface area (Å²) in [4.78, 5) is 13.8. The summed E-state index contributed by atoms with van der Waals surface area (Å²) in [6, 6.07) is 9.26. The summed E-state index contributed by atoms with van der Waals surface area (Å²) in [7, 11) is 0.295. The zero-order valence-corrected chi connectivity index (χ0v) is 11.4. The van der Waals surface area contributed by atoms with E-state index in [1.165, 1.54) is 4.90 Å². The third kappa shape index (κ3) is 4.30. The lowest BCUT2D eigenvalue weighted by Crippen LogP contribution is -2.31. The molecule has 0 heterocycles. The van der Waals surface area contributed by atoms with Gasteiger partial charge < -0.3 is 4.90 Å². The van der Waals surface area contributed by atoms with Crippen LogP contribution in [0, 0.1) is 18.3 Å². The van der Waals surface area contributed by atoms with Crippen LogP contribution in [0.5, 0.6) is 0 Å². The SMILES string of the molecule is Cc1ccc(S(=O)CC(=O)N(C)CCC#N)cc1.